The molecule has 0 aliphatic carbocycles. The number of anilines is 1. The molecule has 0 radical (unpaired) electrons. The predicted octanol–water partition coefficient (Wildman–Crippen LogP) is -1.10. The SMILES string of the molecule is Nc1nc(Br)nc2c1ncn2[C@@H]1O[C@H](COP(=O)(O)O)C(O)C1O. The molecule has 1 saturated heterocycles. The maximum Gasteiger partial charge on any atom is 0.469 e. The molecule has 0 aromatic carbocycles. The normalized spacial score (nSPS) is 27.9. The fraction of sp³-hybridized carbons (Fsp3) is 0.500. The van der Waals surface area contributed by atoms with Gasteiger partial charge in [0.15, 0.2) is 17.7 Å². The summed E-state index contributed by atoms with van der Waals surface area (Å²) in [4.78, 5) is 29.5. The molecular formula is C10H13BrN5O7P. The number of hydrogen-bond donors (Lipinski definition) is 5. The number of phosphoric acid groups is 1. The maximum atomic E-state index is 10.8. The molecule has 14 heteroatoms. The highest BCUT2D eigenvalue weighted by molar-refractivity contribution is 9.10. The van der Waals surface area contributed by atoms with Crippen LogP contribution in [0.3, 0.4) is 0 Å². The van der Waals surface area contributed by atoms with Gasteiger partial charge in [0.1, 0.15) is 23.8 Å². The molecule has 0 spiro atoms. The van der Waals surface area contributed by atoms with Crippen LogP contribution in [-0.2, 0) is 13.8 Å². The third kappa shape index (κ3) is 3.30. The molecule has 1 aliphatic rings. The van der Waals surface area contributed by atoms with Gasteiger partial charge in [-0.05, 0) is 15.9 Å². The van der Waals surface area contributed by atoms with Crippen molar-refractivity contribution in [2.45, 2.75) is 24.5 Å². The largest absolute Gasteiger partial charge is 0.469 e. The van der Waals surface area contributed by atoms with Gasteiger partial charge in [0.05, 0.1) is 12.9 Å². The first kappa shape index (κ1) is 17.6. The summed E-state index contributed by atoms with van der Waals surface area (Å²) in [5.74, 6) is 0.111. The highest BCUT2D eigenvalue weighted by Crippen LogP contribution is 2.38. The molecular weight excluding hydrogens is 413 g/mol. The Hall–Kier alpha value is -1.18. The molecule has 4 atom stereocenters. The fourth-order valence-electron chi connectivity index (χ4n) is 2.36. The van der Waals surface area contributed by atoms with Gasteiger partial charge >= 0.3 is 7.82 Å². The molecule has 2 unspecified atom stereocenters. The van der Waals surface area contributed by atoms with Gasteiger partial charge < -0.3 is 30.5 Å². The summed E-state index contributed by atoms with van der Waals surface area (Å²) in [5, 5.41) is 20.2. The van der Waals surface area contributed by atoms with Crippen molar-refractivity contribution in [3.63, 3.8) is 0 Å². The van der Waals surface area contributed by atoms with Crippen LogP contribution in [0.15, 0.2) is 11.1 Å². The summed E-state index contributed by atoms with van der Waals surface area (Å²) in [6.45, 7) is -0.605. The standard InChI is InChI=1S/C10H13BrN5O7P/c11-10-14-7(12)4-8(15-10)16(2-13-4)9-6(18)5(17)3(23-9)1-22-24(19,20)21/h2-3,5-6,9,17-18H,1H2,(H2,12,14,15)(H2,19,20,21)/t3-,5?,6?,9-/m1/s1. The molecule has 1 aliphatic heterocycles. The number of nitrogens with two attached hydrogens (primary N) is 1. The third-order valence-corrected chi connectivity index (χ3v) is 4.28. The molecule has 0 bridgehead atoms. The van der Waals surface area contributed by atoms with E-state index < -0.39 is 39.0 Å². The monoisotopic (exact) mass is 425 g/mol. The van der Waals surface area contributed by atoms with Crippen molar-refractivity contribution in [1.29, 1.82) is 0 Å². The number of rotatable bonds is 4. The van der Waals surface area contributed by atoms with E-state index in [1.165, 1.54) is 10.9 Å². The molecule has 2 aromatic heterocycles. The summed E-state index contributed by atoms with van der Waals surface area (Å²) < 4.78 is 22.1. The molecule has 1 fully saturated rings. The second-order valence-electron chi connectivity index (χ2n) is 5.03. The lowest BCUT2D eigenvalue weighted by Crippen LogP contribution is -2.33. The number of aliphatic hydroxyl groups is 2. The minimum Gasteiger partial charge on any atom is -0.387 e. The van der Waals surface area contributed by atoms with Crippen molar-refractivity contribution >= 4 is 40.7 Å². The van der Waals surface area contributed by atoms with E-state index in [2.05, 4.69) is 35.4 Å². The Labute approximate surface area is 142 Å². The molecule has 0 amide bonds. The maximum absolute atomic E-state index is 10.8. The van der Waals surface area contributed by atoms with Gasteiger partial charge in [-0.25, -0.2) is 19.5 Å². The minimum atomic E-state index is -4.73. The van der Waals surface area contributed by atoms with Gasteiger partial charge in [0, 0.05) is 0 Å². The number of aromatic nitrogens is 4. The Morgan fingerprint density at radius 3 is 2.75 bits per heavy atom. The summed E-state index contributed by atoms with van der Waals surface area (Å²) in [5.41, 5.74) is 6.27. The molecule has 6 N–H and O–H groups in total. The quantitative estimate of drug-likeness (QED) is 0.295. The first-order valence-corrected chi connectivity index (χ1v) is 8.87. The predicted molar refractivity (Wildman–Crippen MR) is 81.4 cm³/mol. The van der Waals surface area contributed by atoms with Crippen molar-refractivity contribution in [3.8, 4) is 0 Å². The van der Waals surface area contributed by atoms with Crippen LogP contribution in [0, 0.1) is 0 Å². The number of phosphoric ester groups is 1. The van der Waals surface area contributed by atoms with E-state index in [1.54, 1.807) is 0 Å². The Morgan fingerprint density at radius 1 is 1.38 bits per heavy atom. The van der Waals surface area contributed by atoms with Crippen LogP contribution in [-0.4, -0.2) is 64.4 Å². The van der Waals surface area contributed by atoms with Gasteiger partial charge in [-0.2, -0.15) is 0 Å². The number of aliphatic hydroxyl groups excluding tert-OH is 2. The summed E-state index contributed by atoms with van der Waals surface area (Å²) in [6.07, 6.45) is -3.78. The number of hydrogen-bond acceptors (Lipinski definition) is 9. The Balaban J connectivity index is 1.89. The Bertz CT molecular complexity index is 812. The summed E-state index contributed by atoms with van der Waals surface area (Å²) >= 11 is 3.09. The third-order valence-electron chi connectivity index (χ3n) is 3.44. The van der Waals surface area contributed by atoms with Gasteiger partial charge in [0.2, 0.25) is 4.73 Å². The zero-order valence-electron chi connectivity index (χ0n) is 11.8. The van der Waals surface area contributed by atoms with Crippen LogP contribution in [0.5, 0.6) is 0 Å². The number of ether oxygens (including phenoxy) is 1. The Kier molecular flexibility index (Phi) is 4.61. The lowest BCUT2D eigenvalue weighted by atomic mass is 10.1. The van der Waals surface area contributed by atoms with Crippen LogP contribution in [0.25, 0.3) is 11.2 Å². The minimum absolute atomic E-state index is 0.111. The molecule has 3 rings (SSSR count). The number of nitrogen functional groups attached to an aromatic ring is 1. The lowest BCUT2D eigenvalue weighted by molar-refractivity contribution is -0.0504. The van der Waals surface area contributed by atoms with Crippen molar-refractivity contribution < 1.29 is 33.8 Å². The van der Waals surface area contributed by atoms with Crippen LogP contribution >= 0.6 is 23.8 Å². The van der Waals surface area contributed by atoms with Crippen molar-refractivity contribution in [3.05, 3.63) is 11.1 Å². The molecule has 2 aromatic rings. The average molecular weight is 426 g/mol. The number of fused-ring (bicyclic) bond motifs is 1. The number of imidazole rings is 1. The Morgan fingerprint density at radius 2 is 2.08 bits per heavy atom. The summed E-state index contributed by atoms with van der Waals surface area (Å²) in [6, 6.07) is 0. The van der Waals surface area contributed by atoms with E-state index in [-0.39, 0.29) is 21.7 Å². The number of halogens is 1. The first-order chi connectivity index (χ1) is 11.2. The highest BCUT2D eigenvalue weighted by Gasteiger charge is 2.45. The van der Waals surface area contributed by atoms with E-state index in [1.807, 2.05) is 0 Å². The van der Waals surface area contributed by atoms with E-state index in [0.29, 0.717) is 0 Å². The van der Waals surface area contributed by atoms with Gasteiger partial charge in [-0.3, -0.25) is 9.09 Å². The number of nitrogens with zero attached hydrogens (tertiary/aromatic N) is 4. The van der Waals surface area contributed by atoms with E-state index in [4.69, 9.17) is 20.3 Å². The summed E-state index contributed by atoms with van der Waals surface area (Å²) in [7, 11) is -4.73. The zero-order chi connectivity index (χ0) is 17.6. The van der Waals surface area contributed by atoms with E-state index in [9.17, 15) is 14.8 Å². The topological polar surface area (TPSA) is 186 Å². The van der Waals surface area contributed by atoms with E-state index in [0.717, 1.165) is 0 Å². The molecule has 24 heavy (non-hydrogen) atoms. The molecule has 0 saturated carbocycles. The first-order valence-electron chi connectivity index (χ1n) is 6.54. The van der Waals surface area contributed by atoms with Crippen molar-refractivity contribution in [2.24, 2.45) is 0 Å². The van der Waals surface area contributed by atoms with Crippen LogP contribution in [0.2, 0.25) is 0 Å². The van der Waals surface area contributed by atoms with Crippen LogP contribution in [0.4, 0.5) is 5.82 Å². The van der Waals surface area contributed by atoms with Crippen LogP contribution in [0.1, 0.15) is 6.23 Å². The smallest absolute Gasteiger partial charge is 0.387 e. The van der Waals surface area contributed by atoms with E-state index >= 15 is 0 Å². The lowest BCUT2D eigenvalue weighted by Gasteiger charge is -2.16. The molecule has 12 nitrogen and oxygen atoms in total. The highest BCUT2D eigenvalue weighted by atomic mass is 79.9. The fourth-order valence-corrected chi connectivity index (χ4v) is 3.06. The van der Waals surface area contributed by atoms with Crippen LogP contribution < -0.4 is 5.73 Å². The molecule has 3 heterocycles. The van der Waals surface area contributed by atoms with Gasteiger partial charge in [0.25, 0.3) is 0 Å². The van der Waals surface area contributed by atoms with Gasteiger partial charge in [-0.15, -0.1) is 0 Å². The molecule has 132 valence electrons. The average Bonchev–Trinajstić information content (AvgIpc) is 3.00. The van der Waals surface area contributed by atoms with Crippen molar-refractivity contribution in [1.82, 2.24) is 19.5 Å². The second kappa shape index (κ2) is 6.28. The van der Waals surface area contributed by atoms with Gasteiger partial charge in [-0.1, -0.05) is 0 Å². The second-order valence-corrected chi connectivity index (χ2v) is 6.98. The zero-order valence-corrected chi connectivity index (χ0v) is 14.3. The van der Waals surface area contributed by atoms with Crippen molar-refractivity contribution in [2.75, 3.05) is 12.3 Å².